The topological polar surface area (TPSA) is 12.0 Å². The first-order valence-electron chi connectivity index (χ1n) is 8.21. The Morgan fingerprint density at radius 1 is 0.952 bits per heavy atom. The second kappa shape index (κ2) is 6.44. The normalized spacial score (nSPS) is 15.9. The molecule has 0 aromatic heterocycles. The maximum atomic E-state index is 3.87. The molecule has 3 rings (SSSR count). The maximum Gasteiger partial charge on any atom is 0.0320 e. The highest BCUT2D eigenvalue weighted by atomic mass is 15.0. The molecule has 0 fully saturated rings. The zero-order valence-corrected chi connectivity index (χ0v) is 13.1. The van der Waals surface area contributed by atoms with E-state index in [-0.39, 0.29) is 0 Å². The van der Waals surface area contributed by atoms with Crippen molar-refractivity contribution in [2.45, 2.75) is 51.6 Å². The van der Waals surface area contributed by atoms with Crippen LogP contribution in [0.5, 0.6) is 0 Å². The molecule has 0 saturated heterocycles. The van der Waals surface area contributed by atoms with Gasteiger partial charge in [0.2, 0.25) is 0 Å². The van der Waals surface area contributed by atoms with Crippen LogP contribution in [0.25, 0.3) is 0 Å². The predicted molar refractivity (Wildman–Crippen MR) is 89.6 cm³/mol. The molecule has 0 radical (unpaired) electrons. The molecule has 1 heteroatoms. The predicted octanol–water partition coefficient (Wildman–Crippen LogP) is 4.46. The lowest BCUT2D eigenvalue weighted by Gasteiger charge is -2.22. The monoisotopic (exact) mass is 279 g/mol. The fourth-order valence-electron chi connectivity index (χ4n) is 3.40. The minimum absolute atomic E-state index is 0.468. The van der Waals surface area contributed by atoms with E-state index in [0.717, 1.165) is 12.8 Å². The van der Waals surface area contributed by atoms with E-state index in [1.54, 1.807) is 0 Å². The minimum Gasteiger partial charge on any atom is -0.307 e. The molecule has 1 aliphatic carbocycles. The molecule has 0 saturated carbocycles. The van der Waals surface area contributed by atoms with Crippen molar-refractivity contribution in [2.24, 2.45) is 0 Å². The lowest BCUT2D eigenvalue weighted by atomic mass is 10.0. The first-order chi connectivity index (χ1) is 10.3. The summed E-state index contributed by atoms with van der Waals surface area (Å²) in [5.74, 6) is 0. The molecule has 1 N–H and O–H groups in total. The second-order valence-corrected chi connectivity index (χ2v) is 6.10. The molecular weight excluding hydrogens is 254 g/mol. The van der Waals surface area contributed by atoms with E-state index in [0.29, 0.717) is 12.1 Å². The Labute approximate surface area is 128 Å². The largest absolute Gasteiger partial charge is 0.307 e. The molecule has 2 aromatic carbocycles. The van der Waals surface area contributed by atoms with Gasteiger partial charge in [-0.3, -0.25) is 0 Å². The van der Waals surface area contributed by atoms with Gasteiger partial charge in [-0.1, -0.05) is 62.4 Å². The summed E-state index contributed by atoms with van der Waals surface area (Å²) in [4.78, 5) is 0. The number of hydrogen-bond acceptors (Lipinski definition) is 1. The van der Waals surface area contributed by atoms with Crippen LogP contribution in [0.15, 0.2) is 48.5 Å². The smallest absolute Gasteiger partial charge is 0.0320 e. The van der Waals surface area contributed by atoms with Crippen molar-refractivity contribution in [3.63, 3.8) is 0 Å². The third-order valence-electron chi connectivity index (χ3n) is 4.69. The Balaban J connectivity index is 1.68. The molecule has 0 aliphatic heterocycles. The molecular formula is C20H25N. The van der Waals surface area contributed by atoms with Crippen LogP contribution in [0.2, 0.25) is 0 Å². The van der Waals surface area contributed by atoms with Crippen LogP contribution in [-0.4, -0.2) is 6.04 Å². The van der Waals surface area contributed by atoms with Crippen LogP contribution in [-0.2, 0) is 19.3 Å². The first kappa shape index (κ1) is 14.3. The van der Waals surface area contributed by atoms with Gasteiger partial charge >= 0.3 is 0 Å². The summed E-state index contributed by atoms with van der Waals surface area (Å²) in [5.41, 5.74) is 5.88. The van der Waals surface area contributed by atoms with Gasteiger partial charge in [0.25, 0.3) is 0 Å². The standard InChI is InChI=1S/C20H25N/c1-3-15-9-11-16(12-10-15)20(4-2)21-19-13-17-7-5-6-8-18(17)14-19/h5-12,19-21H,3-4,13-14H2,1-2H3. The highest BCUT2D eigenvalue weighted by Gasteiger charge is 2.23. The Kier molecular flexibility index (Phi) is 4.40. The molecule has 1 nitrogen and oxygen atoms in total. The lowest BCUT2D eigenvalue weighted by Crippen LogP contribution is -2.33. The summed E-state index contributed by atoms with van der Waals surface area (Å²) in [6.45, 7) is 4.48. The molecule has 0 bridgehead atoms. The summed E-state index contributed by atoms with van der Waals surface area (Å²) in [7, 11) is 0. The number of rotatable bonds is 5. The SMILES string of the molecule is CCc1ccc(C(CC)NC2Cc3ccccc3C2)cc1. The van der Waals surface area contributed by atoms with Crippen LogP contribution >= 0.6 is 0 Å². The molecule has 21 heavy (non-hydrogen) atoms. The zero-order valence-electron chi connectivity index (χ0n) is 13.1. The molecule has 110 valence electrons. The maximum absolute atomic E-state index is 3.87. The molecule has 0 amide bonds. The number of fused-ring (bicyclic) bond motifs is 1. The van der Waals surface area contributed by atoms with Crippen LogP contribution < -0.4 is 5.32 Å². The fraction of sp³-hybridized carbons (Fsp3) is 0.400. The quantitative estimate of drug-likeness (QED) is 0.852. The average molecular weight is 279 g/mol. The Hall–Kier alpha value is -1.60. The van der Waals surface area contributed by atoms with Crippen molar-refractivity contribution < 1.29 is 0 Å². The molecule has 2 aromatic rings. The van der Waals surface area contributed by atoms with Crippen molar-refractivity contribution in [1.82, 2.24) is 5.32 Å². The van der Waals surface area contributed by atoms with Gasteiger partial charge in [0.15, 0.2) is 0 Å². The van der Waals surface area contributed by atoms with Gasteiger partial charge in [-0.05, 0) is 47.9 Å². The van der Waals surface area contributed by atoms with Gasteiger partial charge in [-0.15, -0.1) is 0 Å². The fourth-order valence-corrected chi connectivity index (χ4v) is 3.40. The summed E-state index contributed by atoms with van der Waals surface area (Å²) in [6, 6.07) is 19.0. The van der Waals surface area contributed by atoms with Crippen LogP contribution in [0, 0.1) is 0 Å². The molecule has 0 heterocycles. The van der Waals surface area contributed by atoms with E-state index in [9.17, 15) is 0 Å². The molecule has 1 unspecified atom stereocenters. The van der Waals surface area contributed by atoms with Crippen molar-refractivity contribution in [2.75, 3.05) is 0 Å². The second-order valence-electron chi connectivity index (χ2n) is 6.10. The van der Waals surface area contributed by atoms with Crippen LogP contribution in [0.1, 0.15) is 48.6 Å². The van der Waals surface area contributed by atoms with E-state index in [1.807, 2.05) is 0 Å². The van der Waals surface area contributed by atoms with E-state index in [4.69, 9.17) is 0 Å². The van der Waals surface area contributed by atoms with E-state index in [1.165, 1.54) is 35.1 Å². The third kappa shape index (κ3) is 3.19. The highest BCUT2D eigenvalue weighted by molar-refractivity contribution is 5.34. The molecule has 1 aliphatic rings. The van der Waals surface area contributed by atoms with E-state index >= 15 is 0 Å². The first-order valence-corrected chi connectivity index (χ1v) is 8.21. The summed E-state index contributed by atoms with van der Waals surface area (Å²) in [6.07, 6.45) is 4.58. The van der Waals surface area contributed by atoms with Crippen LogP contribution in [0.3, 0.4) is 0 Å². The number of hydrogen-bond donors (Lipinski definition) is 1. The zero-order chi connectivity index (χ0) is 14.7. The van der Waals surface area contributed by atoms with Gasteiger partial charge < -0.3 is 5.32 Å². The number of benzene rings is 2. The van der Waals surface area contributed by atoms with E-state index in [2.05, 4.69) is 67.7 Å². The van der Waals surface area contributed by atoms with Crippen molar-refractivity contribution in [1.29, 1.82) is 0 Å². The average Bonchev–Trinajstić information content (AvgIpc) is 2.95. The van der Waals surface area contributed by atoms with Crippen molar-refractivity contribution in [3.8, 4) is 0 Å². The minimum atomic E-state index is 0.468. The number of aryl methyl sites for hydroxylation is 1. The summed E-state index contributed by atoms with van der Waals surface area (Å²) >= 11 is 0. The number of nitrogens with one attached hydrogen (secondary N) is 1. The van der Waals surface area contributed by atoms with Gasteiger partial charge in [0, 0.05) is 12.1 Å². The van der Waals surface area contributed by atoms with Crippen molar-refractivity contribution >= 4 is 0 Å². The summed E-state index contributed by atoms with van der Waals surface area (Å²) < 4.78 is 0. The van der Waals surface area contributed by atoms with Gasteiger partial charge in [-0.25, -0.2) is 0 Å². The highest BCUT2D eigenvalue weighted by Crippen LogP contribution is 2.25. The van der Waals surface area contributed by atoms with Crippen molar-refractivity contribution in [3.05, 3.63) is 70.8 Å². The van der Waals surface area contributed by atoms with E-state index < -0.39 is 0 Å². The third-order valence-corrected chi connectivity index (χ3v) is 4.69. The van der Waals surface area contributed by atoms with Crippen LogP contribution in [0.4, 0.5) is 0 Å². The lowest BCUT2D eigenvalue weighted by molar-refractivity contribution is 0.435. The Morgan fingerprint density at radius 3 is 2.10 bits per heavy atom. The van der Waals surface area contributed by atoms with Gasteiger partial charge in [-0.2, -0.15) is 0 Å². The summed E-state index contributed by atoms with van der Waals surface area (Å²) in [5, 5.41) is 3.87. The molecule has 1 atom stereocenters. The van der Waals surface area contributed by atoms with Gasteiger partial charge in [0.05, 0.1) is 0 Å². The van der Waals surface area contributed by atoms with Gasteiger partial charge in [0.1, 0.15) is 0 Å². The molecule has 0 spiro atoms. The Morgan fingerprint density at radius 2 is 1.57 bits per heavy atom. The Bertz CT molecular complexity index is 560.